The van der Waals surface area contributed by atoms with Gasteiger partial charge in [-0.15, -0.1) is 0 Å². The number of nitrogens with two attached hydrogens (primary N) is 1. The Morgan fingerprint density at radius 1 is 1.59 bits per heavy atom. The van der Waals surface area contributed by atoms with Crippen molar-refractivity contribution in [2.24, 2.45) is 16.8 Å². The fraction of sp³-hybridized carbons (Fsp3) is 0.714. The summed E-state index contributed by atoms with van der Waals surface area (Å²) in [6, 6.07) is -0.831. The largest absolute Gasteiger partial charge is 0.452 e. The van der Waals surface area contributed by atoms with E-state index in [0.717, 1.165) is 20.0 Å². The Labute approximate surface area is 98.2 Å². The van der Waals surface area contributed by atoms with Gasteiger partial charge >= 0.3 is 16.3 Å². The number of ether oxygens (including phenoxy) is 1. The van der Waals surface area contributed by atoms with Crippen LogP contribution < -0.4 is 15.2 Å². The Morgan fingerprint density at radius 2 is 2.18 bits per heavy atom. The summed E-state index contributed by atoms with van der Waals surface area (Å²) in [5.74, 6) is -0.275. The van der Waals surface area contributed by atoms with Crippen LogP contribution in [-0.2, 0) is 14.9 Å². The Morgan fingerprint density at radius 3 is 2.59 bits per heavy atom. The molecular weight excluding hydrogens is 252 g/mol. The van der Waals surface area contributed by atoms with Crippen LogP contribution in [0.5, 0.6) is 0 Å². The molecule has 1 atom stereocenters. The number of hydrogen-bond acceptors (Lipinski definition) is 6. The molecule has 0 saturated heterocycles. The second kappa shape index (κ2) is 5.19. The van der Waals surface area contributed by atoms with Crippen molar-refractivity contribution < 1.29 is 23.2 Å². The number of hydrogen-bond donors (Lipinski definition) is 4. The van der Waals surface area contributed by atoms with Gasteiger partial charge in [0.1, 0.15) is 0 Å². The van der Waals surface area contributed by atoms with Gasteiger partial charge in [0, 0.05) is 0 Å². The molecule has 1 saturated carbocycles. The third-order valence-electron chi connectivity index (χ3n) is 2.21. The number of methoxy groups -OCH3 is 1. The molecule has 0 radical (unpaired) electrons. The number of carbonyl (C=O) groups excluding carboxylic acids is 1. The minimum absolute atomic E-state index is 0.0277. The summed E-state index contributed by atoms with van der Waals surface area (Å²) in [6.45, 7) is 0. The second-order valence-electron chi connectivity index (χ2n) is 3.55. The summed E-state index contributed by atoms with van der Waals surface area (Å²) in [5.41, 5.74) is 5.36. The molecule has 1 aliphatic rings. The van der Waals surface area contributed by atoms with Crippen LogP contribution >= 0.6 is 0 Å². The van der Waals surface area contributed by atoms with Crippen molar-refractivity contribution in [1.82, 2.24) is 9.44 Å². The van der Waals surface area contributed by atoms with Gasteiger partial charge in [0.05, 0.1) is 13.2 Å². The van der Waals surface area contributed by atoms with Crippen molar-refractivity contribution in [3.05, 3.63) is 0 Å². The van der Waals surface area contributed by atoms with Crippen molar-refractivity contribution in [2.75, 3.05) is 7.11 Å². The first-order valence-electron chi connectivity index (χ1n) is 4.75. The van der Waals surface area contributed by atoms with E-state index in [2.05, 4.69) is 14.6 Å². The van der Waals surface area contributed by atoms with E-state index in [1.807, 2.05) is 0 Å². The number of carbonyl (C=O) groups is 1. The third kappa shape index (κ3) is 4.07. The van der Waals surface area contributed by atoms with Gasteiger partial charge in [0.2, 0.25) is 0 Å². The Kier molecular flexibility index (Phi) is 4.12. The van der Waals surface area contributed by atoms with Crippen LogP contribution in [0.25, 0.3) is 0 Å². The molecule has 0 bridgehead atoms. The van der Waals surface area contributed by atoms with Gasteiger partial charge in [-0.2, -0.15) is 13.1 Å². The monoisotopic (exact) mass is 266 g/mol. The van der Waals surface area contributed by atoms with E-state index in [4.69, 9.17) is 10.9 Å². The normalized spacial score (nSPS) is 18.5. The van der Waals surface area contributed by atoms with Crippen molar-refractivity contribution in [2.45, 2.75) is 18.9 Å². The molecule has 0 heterocycles. The number of nitrogens with one attached hydrogen (secondary N) is 2. The molecule has 0 aromatic heterocycles. The van der Waals surface area contributed by atoms with Crippen LogP contribution in [0.1, 0.15) is 12.8 Å². The minimum Gasteiger partial charge on any atom is -0.452 e. The molecule has 1 aliphatic carbocycles. The maximum Gasteiger partial charge on any atom is 0.421 e. The number of amidine groups is 1. The number of oxime groups is 1. The molecule has 0 aromatic rings. The standard InChI is InChI=1S/C7H14N4O5S/c1-16-7(12)11-17(14,15)10-5(4-2-3-4)6(8)9-13/h4-5,10,13H,2-3H2,1H3,(H2,8,9)(H,11,12). The summed E-state index contributed by atoms with van der Waals surface area (Å²) in [4.78, 5) is 10.8. The zero-order chi connectivity index (χ0) is 13.1. The van der Waals surface area contributed by atoms with Crippen LogP contribution in [0.4, 0.5) is 4.79 Å². The second-order valence-corrected chi connectivity index (χ2v) is 5.00. The van der Waals surface area contributed by atoms with Crippen molar-refractivity contribution >= 4 is 22.1 Å². The maximum atomic E-state index is 11.4. The summed E-state index contributed by atoms with van der Waals surface area (Å²) in [7, 11) is -3.06. The van der Waals surface area contributed by atoms with E-state index in [-0.39, 0.29) is 11.8 Å². The molecule has 1 unspecified atom stereocenters. The van der Waals surface area contributed by atoms with Crippen molar-refractivity contribution in [3.8, 4) is 0 Å². The molecule has 1 amide bonds. The average Bonchev–Trinajstić information content (AvgIpc) is 3.08. The van der Waals surface area contributed by atoms with Gasteiger partial charge in [-0.1, -0.05) is 5.16 Å². The van der Waals surface area contributed by atoms with E-state index in [1.54, 1.807) is 4.72 Å². The molecule has 5 N–H and O–H groups in total. The highest BCUT2D eigenvalue weighted by molar-refractivity contribution is 7.88. The highest BCUT2D eigenvalue weighted by atomic mass is 32.2. The van der Waals surface area contributed by atoms with E-state index in [9.17, 15) is 13.2 Å². The summed E-state index contributed by atoms with van der Waals surface area (Å²) in [6.07, 6.45) is 0.412. The Hall–Kier alpha value is -1.55. The lowest BCUT2D eigenvalue weighted by molar-refractivity contribution is 0.177. The first-order valence-corrected chi connectivity index (χ1v) is 6.23. The first-order chi connectivity index (χ1) is 7.89. The van der Waals surface area contributed by atoms with E-state index >= 15 is 0 Å². The Bertz CT molecular complexity index is 416. The van der Waals surface area contributed by atoms with Crippen LogP contribution in [0.2, 0.25) is 0 Å². The first kappa shape index (κ1) is 13.5. The predicted molar refractivity (Wildman–Crippen MR) is 57.5 cm³/mol. The highest BCUT2D eigenvalue weighted by Crippen LogP contribution is 2.32. The number of rotatable bonds is 5. The fourth-order valence-corrected chi connectivity index (χ4v) is 2.25. The van der Waals surface area contributed by atoms with Crippen LogP contribution in [-0.4, -0.2) is 38.7 Å². The smallest absolute Gasteiger partial charge is 0.421 e. The topological polar surface area (TPSA) is 143 Å². The molecule has 0 spiro atoms. The molecule has 1 fully saturated rings. The van der Waals surface area contributed by atoms with Crippen LogP contribution in [0.3, 0.4) is 0 Å². The maximum absolute atomic E-state index is 11.4. The van der Waals surface area contributed by atoms with E-state index in [0.29, 0.717) is 0 Å². The number of nitrogens with zero attached hydrogens (tertiary/aromatic N) is 1. The lowest BCUT2D eigenvalue weighted by Crippen LogP contribution is -2.51. The minimum atomic E-state index is -4.10. The molecule has 98 valence electrons. The average molecular weight is 266 g/mol. The number of amides is 1. The highest BCUT2D eigenvalue weighted by Gasteiger charge is 2.37. The quantitative estimate of drug-likeness (QED) is 0.211. The van der Waals surface area contributed by atoms with Gasteiger partial charge in [-0.25, -0.2) is 9.52 Å². The molecular formula is C7H14N4O5S. The zero-order valence-corrected chi connectivity index (χ0v) is 9.90. The van der Waals surface area contributed by atoms with Gasteiger partial charge < -0.3 is 15.7 Å². The predicted octanol–water partition coefficient (Wildman–Crippen LogP) is -1.30. The SMILES string of the molecule is COC(=O)NS(=O)(=O)NC(C(N)=NO)C1CC1. The van der Waals surface area contributed by atoms with Gasteiger partial charge in [0.25, 0.3) is 0 Å². The molecule has 10 heteroatoms. The zero-order valence-electron chi connectivity index (χ0n) is 9.08. The van der Waals surface area contributed by atoms with Gasteiger partial charge in [-0.3, -0.25) is 0 Å². The van der Waals surface area contributed by atoms with Crippen molar-refractivity contribution in [1.29, 1.82) is 0 Å². The van der Waals surface area contributed by atoms with E-state index in [1.165, 1.54) is 0 Å². The van der Waals surface area contributed by atoms with Crippen molar-refractivity contribution in [3.63, 3.8) is 0 Å². The lowest BCUT2D eigenvalue weighted by Gasteiger charge is -2.16. The molecule has 1 rings (SSSR count). The summed E-state index contributed by atoms with van der Waals surface area (Å²) < 4.78 is 30.8. The third-order valence-corrected chi connectivity index (χ3v) is 3.21. The van der Waals surface area contributed by atoms with Gasteiger partial charge in [-0.05, 0) is 18.8 Å². The van der Waals surface area contributed by atoms with Crippen LogP contribution in [0.15, 0.2) is 5.16 Å². The fourth-order valence-electron chi connectivity index (χ4n) is 1.24. The van der Waals surface area contributed by atoms with E-state index < -0.39 is 22.3 Å². The molecule has 17 heavy (non-hydrogen) atoms. The Balaban J connectivity index is 2.69. The summed E-state index contributed by atoms with van der Waals surface area (Å²) >= 11 is 0. The molecule has 9 nitrogen and oxygen atoms in total. The summed E-state index contributed by atoms with van der Waals surface area (Å²) in [5, 5.41) is 11.3. The van der Waals surface area contributed by atoms with Crippen LogP contribution in [0, 0.1) is 5.92 Å². The lowest BCUT2D eigenvalue weighted by atomic mass is 10.2. The molecule has 0 aliphatic heterocycles. The molecule has 0 aromatic carbocycles. The van der Waals surface area contributed by atoms with Gasteiger partial charge in [0.15, 0.2) is 5.84 Å².